The van der Waals surface area contributed by atoms with Gasteiger partial charge < -0.3 is 85.9 Å². The lowest BCUT2D eigenvalue weighted by atomic mass is 9.99. The molecule has 1 fully saturated rings. The van der Waals surface area contributed by atoms with Crippen molar-refractivity contribution in [3.63, 3.8) is 0 Å². The number of unbranched alkanes of at least 4 members (excludes halogenated alkanes) is 2. The number of primary amides is 1. The fourth-order valence-electron chi connectivity index (χ4n) is 8.22. The Morgan fingerprint density at radius 2 is 1.10 bits per heavy atom. The second-order valence-corrected chi connectivity index (χ2v) is 19.5. The number of amides is 11. The third-order valence-electron chi connectivity index (χ3n) is 13.1. The quantitative estimate of drug-likeness (QED) is 0.0277. The number of nitrogens with zero attached hydrogens (tertiary/aromatic N) is 1. The molecule has 0 aliphatic carbocycles. The molecular weight excluding hydrogens is 1050 g/mol. The van der Waals surface area contributed by atoms with Gasteiger partial charge in [-0.15, -0.1) is 0 Å². The summed E-state index contributed by atoms with van der Waals surface area (Å²) in [6.45, 7) is 3.48. The number of nitrogens with two attached hydrogens (primary N) is 4. The maximum atomic E-state index is 14.0. The molecule has 1 heterocycles. The Balaban J connectivity index is 2.22. The van der Waals surface area contributed by atoms with Crippen molar-refractivity contribution in [2.45, 2.75) is 159 Å². The van der Waals surface area contributed by atoms with Crippen molar-refractivity contribution in [1.29, 1.82) is 0 Å². The molecule has 0 radical (unpaired) electrons. The molecular formula is C51H82N14O15. The van der Waals surface area contributed by atoms with Crippen molar-refractivity contribution >= 4 is 76.9 Å². The van der Waals surface area contributed by atoms with Crippen molar-refractivity contribution < 1.29 is 72.5 Å². The van der Waals surface area contributed by atoms with Gasteiger partial charge in [-0.1, -0.05) is 50.6 Å². The van der Waals surface area contributed by atoms with Crippen LogP contribution in [-0.4, -0.2) is 180 Å². The van der Waals surface area contributed by atoms with Gasteiger partial charge in [0.1, 0.15) is 48.8 Å². The first-order valence-electron chi connectivity index (χ1n) is 26.8. The number of aliphatic carboxylic acids is 2. The highest BCUT2D eigenvalue weighted by molar-refractivity contribution is 5.98. The normalized spacial score (nSPS) is 15.8. The molecule has 1 aliphatic rings. The molecule has 29 nitrogen and oxygen atoms in total. The highest BCUT2D eigenvalue weighted by Crippen LogP contribution is 2.18. The zero-order chi connectivity index (χ0) is 59.9. The topological polar surface area (TPSA) is 478 Å². The van der Waals surface area contributed by atoms with Crippen LogP contribution in [0, 0.1) is 5.92 Å². The Hall–Kier alpha value is -7.79. The predicted molar refractivity (Wildman–Crippen MR) is 287 cm³/mol. The van der Waals surface area contributed by atoms with Crippen molar-refractivity contribution in [3.05, 3.63) is 35.9 Å². The zero-order valence-electron chi connectivity index (χ0n) is 45.7. The summed E-state index contributed by atoms with van der Waals surface area (Å²) in [5.74, 6) is -12.0. The number of carboxylic acids is 2. The van der Waals surface area contributed by atoms with E-state index in [9.17, 15) is 67.4 Å². The number of hydrogen-bond acceptors (Lipinski definition) is 16. The standard InChI is InChI=1S/C51H82N14O15/c1-4-29(2)43(55)51(80)59-30(3)44(73)64-36(25-31-13-6-5-7-14-31)49(78)61-32(15-8-10-22-52)45(74)56-26-39(67)60-35(19-21-41(69)70)48(77)62-34(18-20-38(54)66)47(76)57-27-40(68)65-24-12-17-37(65)50(79)63-33(16-9-11-23-53)46(75)58-28-42(71)72/h5-7,13-14,29-30,32-37,43H,4,8-12,15-28,52-53,55H2,1-3H3,(H2,54,66)(H,56,74)(H,57,76)(H,58,75)(H,59,80)(H,60,67)(H,61,78)(H,62,77)(H,63,79)(H,64,73)(H,69,70)(H,71,72)/t29-,30-,32-,33-,34-,35-,36-,37-,43-/m0/s1. The van der Waals surface area contributed by atoms with E-state index in [0.717, 1.165) is 0 Å². The molecule has 0 bridgehead atoms. The number of benzene rings is 1. The van der Waals surface area contributed by atoms with E-state index in [1.54, 1.807) is 37.3 Å². The van der Waals surface area contributed by atoms with Gasteiger partial charge in [0.25, 0.3) is 0 Å². The number of nitrogens with one attached hydrogen (secondary N) is 9. The molecule has 80 heavy (non-hydrogen) atoms. The molecule has 1 saturated heterocycles. The summed E-state index contributed by atoms with van der Waals surface area (Å²) in [6, 6.07) is -1.41. The van der Waals surface area contributed by atoms with Crippen molar-refractivity contribution in [2.24, 2.45) is 28.9 Å². The summed E-state index contributed by atoms with van der Waals surface area (Å²) in [5.41, 5.74) is 23.3. The Kier molecular flexibility index (Phi) is 31.1. The molecule has 0 unspecified atom stereocenters. The van der Waals surface area contributed by atoms with Crippen LogP contribution in [-0.2, 0) is 68.7 Å². The van der Waals surface area contributed by atoms with Gasteiger partial charge in [-0.05, 0) is 95.7 Å². The van der Waals surface area contributed by atoms with Gasteiger partial charge in [-0.25, -0.2) is 0 Å². The molecule has 9 atom stereocenters. The number of carbonyl (C=O) groups excluding carboxylic acids is 11. The summed E-state index contributed by atoms with van der Waals surface area (Å²) in [5, 5.41) is 40.6. The number of carbonyl (C=O) groups is 13. The van der Waals surface area contributed by atoms with Crippen LogP contribution < -0.4 is 70.8 Å². The fourth-order valence-corrected chi connectivity index (χ4v) is 8.22. The van der Waals surface area contributed by atoms with E-state index in [-0.39, 0.29) is 44.7 Å². The van der Waals surface area contributed by atoms with Crippen LogP contribution in [0.4, 0.5) is 0 Å². The third kappa shape index (κ3) is 25.3. The Morgan fingerprint density at radius 1 is 0.588 bits per heavy atom. The van der Waals surface area contributed by atoms with E-state index < -0.39 is 171 Å². The maximum absolute atomic E-state index is 14.0. The Labute approximate surface area is 464 Å². The molecule has 19 N–H and O–H groups in total. The predicted octanol–water partition coefficient (Wildman–Crippen LogP) is -4.66. The van der Waals surface area contributed by atoms with E-state index in [1.807, 2.05) is 6.92 Å². The Bertz CT molecular complexity index is 2290. The van der Waals surface area contributed by atoms with E-state index in [1.165, 1.54) is 11.8 Å². The summed E-state index contributed by atoms with van der Waals surface area (Å²) in [4.78, 5) is 170. The first kappa shape index (κ1) is 68.3. The lowest BCUT2D eigenvalue weighted by Crippen LogP contribution is -2.58. The molecule has 0 saturated carbocycles. The lowest BCUT2D eigenvalue weighted by molar-refractivity contribution is -0.141. The SMILES string of the molecule is CC[C@H](C)[C@H](N)C(=O)N[C@@H](C)C(=O)N[C@@H](Cc1ccccc1)C(=O)N[C@@H](CCCCN)C(=O)NCC(=O)N[C@@H](CCC(=O)O)C(=O)N[C@@H](CCC(N)=O)C(=O)NCC(=O)N1CCC[C@H]1C(=O)N[C@@H](CCCCN)C(=O)NCC(=O)O. The van der Waals surface area contributed by atoms with Crippen molar-refractivity contribution in [2.75, 3.05) is 39.3 Å². The van der Waals surface area contributed by atoms with Gasteiger partial charge in [-0.2, -0.15) is 0 Å². The monoisotopic (exact) mass is 1130 g/mol. The summed E-state index contributed by atoms with van der Waals surface area (Å²) in [7, 11) is 0. The van der Waals surface area contributed by atoms with Crippen LogP contribution in [0.15, 0.2) is 30.3 Å². The molecule has 2 rings (SSSR count). The molecule has 1 aromatic carbocycles. The van der Waals surface area contributed by atoms with Crippen LogP contribution in [0.25, 0.3) is 0 Å². The third-order valence-corrected chi connectivity index (χ3v) is 13.1. The van der Waals surface area contributed by atoms with E-state index in [2.05, 4.69) is 47.9 Å². The first-order valence-corrected chi connectivity index (χ1v) is 26.8. The van der Waals surface area contributed by atoms with Gasteiger partial charge in [0.2, 0.25) is 65.0 Å². The number of hydrogen-bond donors (Lipinski definition) is 15. The largest absolute Gasteiger partial charge is 0.481 e. The number of carboxylic acid groups (broad SMARTS) is 2. The van der Waals surface area contributed by atoms with E-state index in [0.29, 0.717) is 50.6 Å². The van der Waals surface area contributed by atoms with Crippen LogP contribution in [0.2, 0.25) is 0 Å². The molecule has 0 aromatic heterocycles. The number of rotatable bonds is 38. The second-order valence-electron chi connectivity index (χ2n) is 19.5. The first-order chi connectivity index (χ1) is 37.9. The average Bonchev–Trinajstić information content (AvgIpc) is 3.92. The fraction of sp³-hybridized carbons (Fsp3) is 0.627. The Morgan fingerprint density at radius 3 is 1.65 bits per heavy atom. The van der Waals surface area contributed by atoms with Gasteiger partial charge >= 0.3 is 11.9 Å². The molecule has 1 aromatic rings. The maximum Gasteiger partial charge on any atom is 0.322 e. The molecule has 0 spiro atoms. The van der Waals surface area contributed by atoms with Crippen molar-refractivity contribution in [3.8, 4) is 0 Å². The minimum absolute atomic E-state index is 0.0222. The van der Waals surface area contributed by atoms with E-state index in [4.69, 9.17) is 28.0 Å². The second kappa shape index (κ2) is 36.4. The summed E-state index contributed by atoms with van der Waals surface area (Å²) >= 11 is 0. The molecule has 29 heteroatoms. The van der Waals surface area contributed by atoms with Crippen LogP contribution in [0.1, 0.15) is 110 Å². The van der Waals surface area contributed by atoms with Gasteiger partial charge in [0, 0.05) is 25.8 Å². The van der Waals surface area contributed by atoms with Crippen LogP contribution >= 0.6 is 0 Å². The molecule has 446 valence electrons. The average molecular weight is 1130 g/mol. The van der Waals surface area contributed by atoms with Crippen molar-refractivity contribution in [1.82, 2.24) is 52.8 Å². The molecule has 11 amide bonds. The summed E-state index contributed by atoms with van der Waals surface area (Å²) < 4.78 is 0. The van der Waals surface area contributed by atoms with Crippen LogP contribution in [0.5, 0.6) is 0 Å². The highest BCUT2D eigenvalue weighted by atomic mass is 16.4. The minimum Gasteiger partial charge on any atom is -0.481 e. The zero-order valence-corrected chi connectivity index (χ0v) is 45.7. The minimum atomic E-state index is -1.66. The molecule has 1 aliphatic heterocycles. The smallest absolute Gasteiger partial charge is 0.322 e. The van der Waals surface area contributed by atoms with Crippen LogP contribution in [0.3, 0.4) is 0 Å². The number of likely N-dealkylation sites (tertiary alicyclic amines) is 1. The van der Waals surface area contributed by atoms with Gasteiger partial charge in [0.05, 0.1) is 19.1 Å². The lowest BCUT2D eigenvalue weighted by Gasteiger charge is -2.27. The highest BCUT2D eigenvalue weighted by Gasteiger charge is 2.37. The van der Waals surface area contributed by atoms with Gasteiger partial charge in [-0.3, -0.25) is 62.3 Å². The van der Waals surface area contributed by atoms with Gasteiger partial charge in [0.15, 0.2) is 0 Å². The summed E-state index contributed by atoms with van der Waals surface area (Å²) in [6.07, 6.45) is 0.894. The van der Waals surface area contributed by atoms with E-state index >= 15 is 0 Å².